The van der Waals surface area contributed by atoms with Gasteiger partial charge in [0.2, 0.25) is 0 Å². The number of ether oxygens (including phenoxy) is 2. The van der Waals surface area contributed by atoms with Gasteiger partial charge < -0.3 is 13.9 Å². The summed E-state index contributed by atoms with van der Waals surface area (Å²) in [5, 5.41) is 0.976. The molecule has 0 saturated heterocycles. The Kier molecular flexibility index (Phi) is 12.8. The van der Waals surface area contributed by atoms with Crippen LogP contribution >= 0.6 is 0 Å². The third-order valence-corrected chi connectivity index (χ3v) is 7.71. The maximum atomic E-state index is 12.5. The lowest BCUT2D eigenvalue weighted by atomic mass is 9.83. The van der Waals surface area contributed by atoms with Crippen molar-refractivity contribution in [3.63, 3.8) is 0 Å². The van der Waals surface area contributed by atoms with Gasteiger partial charge in [0, 0.05) is 5.92 Å². The quantitative estimate of drug-likeness (QED) is 0.130. The van der Waals surface area contributed by atoms with Crippen LogP contribution in [-0.4, -0.2) is 34.2 Å². The molecule has 0 fully saturated rings. The van der Waals surface area contributed by atoms with E-state index in [2.05, 4.69) is 26.6 Å². The highest BCUT2D eigenvalue weighted by molar-refractivity contribution is 6.87. The summed E-state index contributed by atoms with van der Waals surface area (Å²) in [6.07, 6.45) is 14.9. The van der Waals surface area contributed by atoms with E-state index in [9.17, 15) is 9.59 Å². The molecule has 0 aromatic carbocycles. The average Bonchev–Trinajstić information content (AvgIpc) is 3.24. The molecule has 1 rings (SSSR count). The van der Waals surface area contributed by atoms with Crippen LogP contribution in [0.1, 0.15) is 89.0 Å². The average molecular weight is 453 g/mol. The highest BCUT2D eigenvalue weighted by atomic mass is 28.3. The predicted octanol–water partition coefficient (Wildman–Crippen LogP) is 6.18. The largest absolute Gasteiger partial charge is 0.474 e. The number of methoxy groups -OCH3 is 2. The highest BCUT2D eigenvalue weighted by Crippen LogP contribution is 2.33. The lowest BCUT2D eigenvalue weighted by Crippen LogP contribution is -2.36. The van der Waals surface area contributed by atoms with E-state index in [1.54, 1.807) is 6.26 Å². The van der Waals surface area contributed by atoms with Gasteiger partial charge in [-0.1, -0.05) is 90.8 Å². The Morgan fingerprint density at radius 2 is 1.35 bits per heavy atom. The summed E-state index contributed by atoms with van der Waals surface area (Å²) in [4.78, 5) is 24.9. The van der Waals surface area contributed by atoms with Gasteiger partial charge in [0.25, 0.3) is 0 Å². The summed E-state index contributed by atoms with van der Waals surface area (Å²) in [5.74, 6) is -2.33. The van der Waals surface area contributed by atoms with Gasteiger partial charge >= 0.3 is 11.9 Å². The van der Waals surface area contributed by atoms with Crippen molar-refractivity contribution in [2.24, 2.45) is 5.92 Å². The molecule has 6 heteroatoms. The van der Waals surface area contributed by atoms with Crippen molar-refractivity contribution in [2.75, 3.05) is 14.2 Å². The van der Waals surface area contributed by atoms with Crippen molar-refractivity contribution in [3.05, 3.63) is 17.9 Å². The fourth-order valence-corrected chi connectivity index (χ4v) is 5.01. The molecule has 1 unspecified atom stereocenters. The molecule has 0 spiro atoms. The molecule has 31 heavy (non-hydrogen) atoms. The van der Waals surface area contributed by atoms with Gasteiger partial charge in [-0.05, 0) is 18.1 Å². The number of esters is 2. The monoisotopic (exact) mass is 452 g/mol. The zero-order valence-corrected chi connectivity index (χ0v) is 21.6. The van der Waals surface area contributed by atoms with Crippen molar-refractivity contribution in [2.45, 2.75) is 103 Å². The summed E-state index contributed by atoms with van der Waals surface area (Å²) in [7, 11) is 1.01. The van der Waals surface area contributed by atoms with Crippen LogP contribution in [0.3, 0.4) is 0 Å². The van der Waals surface area contributed by atoms with Gasteiger partial charge in [0.15, 0.2) is 5.92 Å². The predicted molar refractivity (Wildman–Crippen MR) is 128 cm³/mol. The fraction of sp³-hybridized carbons (Fsp3) is 0.760. The normalized spacial score (nSPS) is 12.7. The second kappa shape index (κ2) is 14.5. The fourth-order valence-electron chi connectivity index (χ4n) is 3.99. The molecule has 0 saturated carbocycles. The van der Waals surface area contributed by atoms with Crippen LogP contribution in [0.15, 0.2) is 16.7 Å². The first-order valence-corrected chi connectivity index (χ1v) is 15.5. The topological polar surface area (TPSA) is 65.7 Å². The second-order valence-electron chi connectivity index (χ2n) is 9.60. The van der Waals surface area contributed by atoms with E-state index in [1.165, 1.54) is 65.6 Å². The van der Waals surface area contributed by atoms with Gasteiger partial charge in [-0.2, -0.15) is 0 Å². The summed E-state index contributed by atoms with van der Waals surface area (Å²) in [6, 6.07) is 2.03. The maximum Gasteiger partial charge on any atom is 0.320 e. The minimum Gasteiger partial charge on any atom is -0.474 e. The van der Waals surface area contributed by atoms with Gasteiger partial charge in [-0.25, -0.2) is 0 Å². The first-order chi connectivity index (χ1) is 14.8. The summed E-state index contributed by atoms with van der Waals surface area (Å²) in [5.41, 5.74) is 0.897. The third kappa shape index (κ3) is 9.63. The molecule has 0 N–H and O–H groups in total. The maximum absolute atomic E-state index is 12.5. The number of carbonyl (C=O) groups is 2. The Balaban J connectivity index is 2.72. The van der Waals surface area contributed by atoms with Crippen LogP contribution in [0.5, 0.6) is 0 Å². The molecule has 0 aliphatic carbocycles. The lowest BCUT2D eigenvalue weighted by Gasteiger charge is -2.22. The van der Waals surface area contributed by atoms with Gasteiger partial charge in [-0.15, -0.1) is 0 Å². The number of rotatable bonds is 16. The van der Waals surface area contributed by atoms with Crippen LogP contribution in [0, 0.1) is 5.92 Å². The molecule has 0 aliphatic rings. The van der Waals surface area contributed by atoms with Gasteiger partial charge in [0.05, 0.1) is 25.9 Å². The van der Waals surface area contributed by atoms with Gasteiger partial charge in [-0.3, -0.25) is 9.59 Å². The molecule has 1 atom stereocenters. The van der Waals surface area contributed by atoms with E-state index in [0.717, 1.165) is 30.2 Å². The van der Waals surface area contributed by atoms with E-state index in [0.29, 0.717) is 0 Å². The van der Waals surface area contributed by atoms with Crippen molar-refractivity contribution in [3.8, 4) is 0 Å². The number of carbonyl (C=O) groups excluding carboxylic acids is 2. The van der Waals surface area contributed by atoms with E-state index < -0.39 is 25.9 Å². The van der Waals surface area contributed by atoms with Crippen LogP contribution in [0.2, 0.25) is 19.6 Å². The first kappa shape index (κ1) is 27.5. The Morgan fingerprint density at radius 1 is 0.871 bits per heavy atom. The zero-order valence-electron chi connectivity index (χ0n) is 20.6. The number of hydrogen-bond acceptors (Lipinski definition) is 5. The zero-order chi connectivity index (χ0) is 23.3. The summed E-state index contributed by atoms with van der Waals surface area (Å²) in [6.45, 7) is 8.88. The SMILES string of the molecule is CCCCCCCCCCCCC(c1coc([Si](C)(C)C)c1)C(C(=O)OC)C(=O)OC. The third-order valence-electron chi connectivity index (χ3n) is 5.97. The van der Waals surface area contributed by atoms with E-state index in [1.807, 2.05) is 6.07 Å². The smallest absolute Gasteiger partial charge is 0.320 e. The van der Waals surface area contributed by atoms with Crippen molar-refractivity contribution in [1.82, 2.24) is 0 Å². The van der Waals surface area contributed by atoms with Crippen LogP contribution in [0.25, 0.3) is 0 Å². The minimum atomic E-state index is -1.63. The molecule has 0 aliphatic heterocycles. The summed E-state index contributed by atoms with van der Waals surface area (Å²) >= 11 is 0. The molecule has 1 aromatic rings. The van der Waals surface area contributed by atoms with Crippen molar-refractivity contribution < 1.29 is 23.5 Å². The number of furan rings is 1. The van der Waals surface area contributed by atoms with Crippen LogP contribution in [-0.2, 0) is 19.1 Å². The van der Waals surface area contributed by atoms with Crippen LogP contribution < -0.4 is 5.38 Å². The molecule has 0 bridgehead atoms. The Labute approximate surface area is 190 Å². The molecule has 178 valence electrons. The van der Waals surface area contributed by atoms with E-state index in [4.69, 9.17) is 13.9 Å². The molecule has 0 radical (unpaired) electrons. The molecule has 0 amide bonds. The standard InChI is InChI=1S/C25H44O5Si/c1-7-8-9-10-11-12-13-14-15-16-17-21(23(24(26)28-2)25(27)29-3)20-18-22(30-19-20)31(4,5)6/h18-19,21,23H,7-17H2,1-6H3. The Bertz CT molecular complexity index is 631. The Hall–Kier alpha value is -1.56. The van der Waals surface area contributed by atoms with E-state index in [-0.39, 0.29) is 5.92 Å². The van der Waals surface area contributed by atoms with Crippen molar-refractivity contribution in [1.29, 1.82) is 0 Å². The molecular formula is C25H44O5Si. The minimum absolute atomic E-state index is 0.289. The molecule has 1 heterocycles. The Morgan fingerprint density at radius 3 is 1.77 bits per heavy atom. The molecular weight excluding hydrogens is 408 g/mol. The highest BCUT2D eigenvalue weighted by Gasteiger charge is 2.38. The second-order valence-corrected chi connectivity index (χ2v) is 14.6. The first-order valence-electron chi connectivity index (χ1n) is 12.0. The molecule has 5 nitrogen and oxygen atoms in total. The van der Waals surface area contributed by atoms with Gasteiger partial charge in [0.1, 0.15) is 8.07 Å². The van der Waals surface area contributed by atoms with E-state index >= 15 is 0 Å². The molecule has 1 aromatic heterocycles. The lowest BCUT2D eigenvalue weighted by molar-refractivity contribution is -0.160. The number of hydrogen-bond donors (Lipinski definition) is 0. The number of unbranched alkanes of at least 4 members (excludes halogenated alkanes) is 9. The van der Waals surface area contributed by atoms with Crippen molar-refractivity contribution >= 4 is 25.4 Å². The van der Waals surface area contributed by atoms with Crippen LogP contribution in [0.4, 0.5) is 0 Å². The summed E-state index contributed by atoms with van der Waals surface area (Å²) < 4.78 is 15.7.